The van der Waals surface area contributed by atoms with E-state index in [1.54, 1.807) is 0 Å². The zero-order chi connectivity index (χ0) is 14.1. The topological polar surface area (TPSA) is 42.0 Å². The van der Waals surface area contributed by atoms with Crippen molar-refractivity contribution in [2.24, 2.45) is 0 Å². The lowest BCUT2D eigenvalue weighted by molar-refractivity contribution is 0.0952. The predicted molar refractivity (Wildman–Crippen MR) is 74.9 cm³/mol. The van der Waals surface area contributed by atoms with Gasteiger partial charge in [0.05, 0.1) is 11.8 Å². The number of nitrogens with one attached hydrogen (secondary N) is 1. The summed E-state index contributed by atoms with van der Waals surface area (Å²) >= 11 is 5.75. The van der Waals surface area contributed by atoms with Gasteiger partial charge in [0.2, 0.25) is 0 Å². The average molecular weight is 287 g/mol. The maximum atomic E-state index is 13.0. The molecule has 1 aromatic rings. The number of rotatable bonds is 8. The molecule has 1 aromatic heterocycles. The second-order valence-corrected chi connectivity index (χ2v) is 4.87. The van der Waals surface area contributed by atoms with Gasteiger partial charge in [-0.1, -0.05) is 50.6 Å². The molecule has 0 spiro atoms. The highest BCUT2D eigenvalue weighted by atomic mass is 35.5. The van der Waals surface area contributed by atoms with E-state index in [4.69, 9.17) is 11.6 Å². The van der Waals surface area contributed by atoms with E-state index in [9.17, 15) is 9.18 Å². The van der Waals surface area contributed by atoms with Crippen molar-refractivity contribution in [1.82, 2.24) is 10.3 Å². The monoisotopic (exact) mass is 286 g/mol. The Balaban J connectivity index is 2.26. The van der Waals surface area contributed by atoms with Crippen LogP contribution in [-0.4, -0.2) is 17.4 Å². The van der Waals surface area contributed by atoms with Crippen molar-refractivity contribution in [2.45, 2.75) is 45.4 Å². The Morgan fingerprint density at radius 3 is 2.74 bits per heavy atom. The molecule has 1 heterocycles. The molecule has 5 heteroatoms. The van der Waals surface area contributed by atoms with Gasteiger partial charge in [0, 0.05) is 6.54 Å². The van der Waals surface area contributed by atoms with Gasteiger partial charge in [0.15, 0.2) is 0 Å². The minimum atomic E-state index is -0.561. The fraction of sp³-hybridized carbons (Fsp3) is 0.571. The smallest absolute Gasteiger partial charge is 0.254 e. The summed E-state index contributed by atoms with van der Waals surface area (Å²) in [6, 6.07) is 1.10. The van der Waals surface area contributed by atoms with Gasteiger partial charge in [0.25, 0.3) is 5.91 Å². The van der Waals surface area contributed by atoms with Crippen LogP contribution in [0.4, 0.5) is 4.39 Å². The van der Waals surface area contributed by atoms with E-state index in [0.29, 0.717) is 6.54 Å². The summed E-state index contributed by atoms with van der Waals surface area (Å²) < 4.78 is 13.0. The van der Waals surface area contributed by atoms with Crippen LogP contribution in [0.5, 0.6) is 0 Å². The van der Waals surface area contributed by atoms with Gasteiger partial charge in [-0.15, -0.1) is 0 Å². The van der Waals surface area contributed by atoms with Gasteiger partial charge in [-0.05, 0) is 12.5 Å². The molecule has 0 atom stereocenters. The number of pyridine rings is 1. The summed E-state index contributed by atoms with van der Waals surface area (Å²) in [5, 5.41) is 2.76. The van der Waals surface area contributed by atoms with Gasteiger partial charge in [-0.25, -0.2) is 9.37 Å². The summed E-state index contributed by atoms with van der Waals surface area (Å²) in [5.41, 5.74) is 0.0904. The zero-order valence-corrected chi connectivity index (χ0v) is 12.0. The fourth-order valence-corrected chi connectivity index (χ4v) is 1.97. The van der Waals surface area contributed by atoms with Crippen LogP contribution in [0.2, 0.25) is 5.15 Å². The van der Waals surface area contributed by atoms with Crippen LogP contribution in [-0.2, 0) is 0 Å². The molecule has 1 rings (SSSR count). The normalized spacial score (nSPS) is 10.5. The molecular weight excluding hydrogens is 267 g/mol. The molecular formula is C14H20ClFN2O. The Morgan fingerprint density at radius 1 is 1.32 bits per heavy atom. The van der Waals surface area contributed by atoms with Gasteiger partial charge in [-0.2, -0.15) is 0 Å². The third-order valence-electron chi connectivity index (χ3n) is 2.87. The van der Waals surface area contributed by atoms with Crippen molar-refractivity contribution >= 4 is 17.5 Å². The Kier molecular flexibility index (Phi) is 7.41. The maximum Gasteiger partial charge on any atom is 0.254 e. The molecule has 1 amide bonds. The summed E-state index contributed by atoms with van der Waals surface area (Å²) in [6.07, 6.45) is 7.92. The number of hydrogen-bond acceptors (Lipinski definition) is 2. The Morgan fingerprint density at radius 2 is 2.00 bits per heavy atom. The fourth-order valence-electron chi connectivity index (χ4n) is 1.78. The van der Waals surface area contributed by atoms with Gasteiger partial charge in [0.1, 0.15) is 11.0 Å². The molecule has 0 fully saturated rings. The van der Waals surface area contributed by atoms with Crippen molar-refractivity contribution in [3.8, 4) is 0 Å². The molecule has 1 N–H and O–H groups in total. The largest absolute Gasteiger partial charge is 0.352 e. The second kappa shape index (κ2) is 8.86. The molecule has 0 unspecified atom stereocenters. The van der Waals surface area contributed by atoms with Crippen LogP contribution in [0.1, 0.15) is 55.8 Å². The molecule has 0 aromatic carbocycles. The molecule has 0 aliphatic rings. The lowest BCUT2D eigenvalue weighted by atomic mass is 10.1. The predicted octanol–water partition coefficient (Wildman–Crippen LogP) is 3.96. The molecule has 0 bridgehead atoms. The number of hydrogen-bond donors (Lipinski definition) is 1. The van der Waals surface area contributed by atoms with Crippen LogP contribution in [0.15, 0.2) is 12.3 Å². The Labute approximate surface area is 118 Å². The molecule has 0 saturated carbocycles. The van der Waals surface area contributed by atoms with Crippen molar-refractivity contribution in [3.63, 3.8) is 0 Å². The van der Waals surface area contributed by atoms with Crippen LogP contribution < -0.4 is 5.32 Å². The van der Waals surface area contributed by atoms with E-state index in [0.717, 1.165) is 25.1 Å². The van der Waals surface area contributed by atoms with Crippen molar-refractivity contribution in [1.29, 1.82) is 0 Å². The second-order valence-electron chi connectivity index (χ2n) is 4.52. The first kappa shape index (κ1) is 15.9. The minimum Gasteiger partial charge on any atom is -0.352 e. The Hall–Kier alpha value is -1.16. The standard InChI is InChI=1S/C14H20ClFN2O/c1-2-3-4-5-6-7-8-17-14(19)12-9-11(16)10-18-13(12)15/h9-10H,2-8H2,1H3,(H,17,19). The molecule has 106 valence electrons. The summed E-state index contributed by atoms with van der Waals surface area (Å²) in [4.78, 5) is 15.4. The quantitative estimate of drug-likeness (QED) is 0.580. The van der Waals surface area contributed by atoms with E-state index in [2.05, 4.69) is 17.2 Å². The number of unbranched alkanes of at least 4 members (excludes halogenated alkanes) is 5. The lowest BCUT2D eigenvalue weighted by Crippen LogP contribution is -2.25. The third kappa shape index (κ3) is 6.01. The van der Waals surface area contributed by atoms with Gasteiger partial charge < -0.3 is 5.32 Å². The molecule has 0 aliphatic carbocycles. The summed E-state index contributed by atoms with van der Waals surface area (Å²) in [6.45, 7) is 2.76. The number of halogens is 2. The van der Waals surface area contributed by atoms with E-state index < -0.39 is 5.82 Å². The highest BCUT2D eigenvalue weighted by Crippen LogP contribution is 2.13. The van der Waals surface area contributed by atoms with Gasteiger partial charge >= 0.3 is 0 Å². The first-order valence-electron chi connectivity index (χ1n) is 6.74. The zero-order valence-electron chi connectivity index (χ0n) is 11.2. The number of aromatic nitrogens is 1. The van der Waals surface area contributed by atoms with Crippen molar-refractivity contribution in [2.75, 3.05) is 6.54 Å². The molecule has 0 radical (unpaired) electrons. The minimum absolute atomic E-state index is 0.0295. The van der Waals surface area contributed by atoms with E-state index in [1.165, 1.54) is 25.7 Å². The molecule has 0 aliphatic heterocycles. The summed E-state index contributed by atoms with van der Waals surface area (Å²) in [7, 11) is 0. The SMILES string of the molecule is CCCCCCCCNC(=O)c1cc(F)cnc1Cl. The van der Waals surface area contributed by atoms with Crippen LogP contribution >= 0.6 is 11.6 Å². The highest BCUT2D eigenvalue weighted by molar-refractivity contribution is 6.32. The molecule has 0 saturated heterocycles. The van der Waals surface area contributed by atoms with Crippen molar-refractivity contribution in [3.05, 3.63) is 28.8 Å². The van der Waals surface area contributed by atoms with Gasteiger partial charge in [-0.3, -0.25) is 4.79 Å². The van der Waals surface area contributed by atoms with Crippen LogP contribution in [0.25, 0.3) is 0 Å². The number of nitrogens with zero attached hydrogens (tertiary/aromatic N) is 1. The number of carbonyl (C=O) groups excluding carboxylic acids is 1. The highest BCUT2D eigenvalue weighted by Gasteiger charge is 2.11. The first-order valence-corrected chi connectivity index (χ1v) is 7.12. The Bertz CT molecular complexity index is 412. The van der Waals surface area contributed by atoms with E-state index in [-0.39, 0.29) is 16.6 Å². The summed E-state index contributed by atoms with van der Waals surface area (Å²) in [5.74, 6) is -0.931. The van der Waals surface area contributed by atoms with E-state index >= 15 is 0 Å². The van der Waals surface area contributed by atoms with Crippen LogP contribution in [0, 0.1) is 5.82 Å². The number of carbonyl (C=O) groups is 1. The molecule has 19 heavy (non-hydrogen) atoms. The van der Waals surface area contributed by atoms with Crippen LogP contribution in [0.3, 0.4) is 0 Å². The lowest BCUT2D eigenvalue weighted by Gasteiger charge is -2.06. The number of amides is 1. The third-order valence-corrected chi connectivity index (χ3v) is 3.17. The van der Waals surface area contributed by atoms with Crippen molar-refractivity contribution < 1.29 is 9.18 Å². The maximum absolute atomic E-state index is 13.0. The average Bonchev–Trinajstić information content (AvgIpc) is 2.40. The molecule has 3 nitrogen and oxygen atoms in total. The first-order chi connectivity index (χ1) is 9.15. The van der Waals surface area contributed by atoms with E-state index in [1.807, 2.05) is 0 Å².